The number of para-hydroxylation sites is 1. The lowest BCUT2D eigenvalue weighted by molar-refractivity contribution is 0.277. The number of halogens is 2. The summed E-state index contributed by atoms with van der Waals surface area (Å²) >= 11 is 5.96. The Kier molecular flexibility index (Phi) is 5.23. The zero-order valence-electron chi connectivity index (χ0n) is 8.41. The van der Waals surface area contributed by atoms with E-state index in [0.717, 1.165) is 12.3 Å². The summed E-state index contributed by atoms with van der Waals surface area (Å²) in [7, 11) is 0. The summed E-state index contributed by atoms with van der Waals surface area (Å²) in [6.07, 6.45) is 2.45. The van der Waals surface area contributed by atoms with Gasteiger partial charge in [-0.15, -0.1) is 12.4 Å². The minimum Gasteiger partial charge on any atom is -0.490 e. The molecule has 0 radical (unpaired) electrons. The zero-order valence-corrected chi connectivity index (χ0v) is 9.98. The maximum atomic E-state index is 5.96. The van der Waals surface area contributed by atoms with Gasteiger partial charge in [0.05, 0.1) is 5.02 Å². The average molecular weight is 248 g/mol. The van der Waals surface area contributed by atoms with Crippen LogP contribution in [-0.4, -0.2) is 19.2 Å². The number of hydrogen-bond donors (Lipinski definition) is 1. The highest BCUT2D eigenvalue weighted by atomic mass is 35.5. The number of benzene rings is 1. The molecule has 1 heterocycles. The summed E-state index contributed by atoms with van der Waals surface area (Å²) in [5.74, 6) is 0.780. The molecule has 0 amide bonds. The number of rotatable bonds is 3. The molecule has 15 heavy (non-hydrogen) atoms. The summed E-state index contributed by atoms with van der Waals surface area (Å²) in [4.78, 5) is 0. The van der Waals surface area contributed by atoms with Crippen LogP contribution in [0.3, 0.4) is 0 Å². The molecule has 1 atom stereocenters. The highest BCUT2D eigenvalue weighted by Gasteiger charge is 2.14. The molecule has 1 N–H and O–H groups in total. The van der Waals surface area contributed by atoms with E-state index >= 15 is 0 Å². The van der Waals surface area contributed by atoms with Gasteiger partial charge in [-0.3, -0.25) is 0 Å². The normalized spacial score (nSPS) is 19.7. The lowest BCUT2D eigenvalue weighted by atomic mass is 10.2. The standard InChI is InChI=1S/C11H14ClNO.ClH/c12-10-5-1-2-6-11(10)14-8-9-4-3-7-13-9;/h1-2,5-6,9,13H,3-4,7-8H2;1H. The van der Waals surface area contributed by atoms with Crippen LogP contribution in [-0.2, 0) is 0 Å². The molecular formula is C11H15Cl2NO. The lowest BCUT2D eigenvalue weighted by Gasteiger charge is -2.12. The van der Waals surface area contributed by atoms with E-state index in [-0.39, 0.29) is 12.4 Å². The third-order valence-corrected chi connectivity index (χ3v) is 2.75. The summed E-state index contributed by atoms with van der Waals surface area (Å²) in [6.45, 7) is 1.82. The molecule has 1 aliphatic rings. The SMILES string of the molecule is Cl.Clc1ccccc1OCC1CCCN1. The summed E-state index contributed by atoms with van der Waals surface area (Å²) < 4.78 is 5.63. The number of nitrogens with one attached hydrogen (secondary N) is 1. The molecule has 84 valence electrons. The fourth-order valence-corrected chi connectivity index (χ4v) is 1.84. The molecule has 4 heteroatoms. The number of hydrogen-bond acceptors (Lipinski definition) is 2. The Morgan fingerprint density at radius 2 is 2.20 bits per heavy atom. The van der Waals surface area contributed by atoms with Gasteiger partial charge in [0.2, 0.25) is 0 Å². The Morgan fingerprint density at radius 3 is 2.87 bits per heavy atom. The van der Waals surface area contributed by atoms with E-state index in [1.54, 1.807) is 0 Å². The van der Waals surface area contributed by atoms with Gasteiger partial charge in [-0.25, -0.2) is 0 Å². The topological polar surface area (TPSA) is 21.3 Å². The molecule has 0 aliphatic carbocycles. The maximum Gasteiger partial charge on any atom is 0.137 e. The Morgan fingerprint density at radius 1 is 1.40 bits per heavy atom. The van der Waals surface area contributed by atoms with Gasteiger partial charge in [-0.2, -0.15) is 0 Å². The van der Waals surface area contributed by atoms with Crippen molar-refractivity contribution in [2.45, 2.75) is 18.9 Å². The molecule has 1 aromatic carbocycles. The van der Waals surface area contributed by atoms with Crippen molar-refractivity contribution < 1.29 is 4.74 Å². The summed E-state index contributed by atoms with van der Waals surface area (Å²) in [5, 5.41) is 4.06. The molecule has 0 aromatic heterocycles. The monoisotopic (exact) mass is 247 g/mol. The first-order valence-electron chi connectivity index (χ1n) is 4.97. The van der Waals surface area contributed by atoms with Gasteiger partial charge >= 0.3 is 0 Å². The van der Waals surface area contributed by atoms with E-state index in [1.165, 1.54) is 12.8 Å². The van der Waals surface area contributed by atoms with Crippen LogP contribution in [0.2, 0.25) is 5.02 Å². The first-order valence-corrected chi connectivity index (χ1v) is 5.35. The molecule has 2 rings (SSSR count). The fraction of sp³-hybridized carbons (Fsp3) is 0.455. The molecule has 0 spiro atoms. The average Bonchev–Trinajstić information content (AvgIpc) is 2.69. The van der Waals surface area contributed by atoms with Gasteiger partial charge in [-0.05, 0) is 31.5 Å². The van der Waals surface area contributed by atoms with Crippen molar-refractivity contribution in [3.05, 3.63) is 29.3 Å². The highest BCUT2D eigenvalue weighted by Crippen LogP contribution is 2.23. The lowest BCUT2D eigenvalue weighted by Crippen LogP contribution is -2.28. The van der Waals surface area contributed by atoms with Crippen LogP contribution in [0.1, 0.15) is 12.8 Å². The van der Waals surface area contributed by atoms with Crippen molar-refractivity contribution in [3.8, 4) is 5.75 Å². The van der Waals surface area contributed by atoms with Gasteiger partial charge in [0.15, 0.2) is 0 Å². The molecule has 0 saturated carbocycles. The smallest absolute Gasteiger partial charge is 0.137 e. The van der Waals surface area contributed by atoms with Crippen molar-refractivity contribution in [1.82, 2.24) is 5.32 Å². The van der Waals surface area contributed by atoms with Crippen LogP contribution in [0.15, 0.2) is 24.3 Å². The molecule has 1 unspecified atom stereocenters. The molecular weight excluding hydrogens is 233 g/mol. The van der Waals surface area contributed by atoms with Crippen LogP contribution in [0, 0.1) is 0 Å². The van der Waals surface area contributed by atoms with Crippen molar-refractivity contribution in [2.24, 2.45) is 0 Å². The minimum absolute atomic E-state index is 0. The van der Waals surface area contributed by atoms with Gasteiger partial charge in [-0.1, -0.05) is 23.7 Å². The maximum absolute atomic E-state index is 5.96. The van der Waals surface area contributed by atoms with Crippen molar-refractivity contribution in [2.75, 3.05) is 13.2 Å². The predicted octanol–water partition coefficient (Wildman–Crippen LogP) is 2.89. The van der Waals surface area contributed by atoms with Crippen molar-refractivity contribution in [3.63, 3.8) is 0 Å². The van der Waals surface area contributed by atoms with Crippen LogP contribution in [0.5, 0.6) is 5.75 Å². The molecule has 1 saturated heterocycles. The van der Waals surface area contributed by atoms with Crippen LogP contribution in [0.25, 0.3) is 0 Å². The second-order valence-corrected chi connectivity index (χ2v) is 3.94. The van der Waals surface area contributed by atoms with E-state index in [0.29, 0.717) is 17.7 Å². The number of ether oxygens (including phenoxy) is 1. The zero-order chi connectivity index (χ0) is 9.80. The van der Waals surface area contributed by atoms with Gasteiger partial charge in [0.1, 0.15) is 12.4 Å². The second-order valence-electron chi connectivity index (χ2n) is 3.53. The van der Waals surface area contributed by atoms with Crippen LogP contribution >= 0.6 is 24.0 Å². The largest absolute Gasteiger partial charge is 0.490 e. The molecule has 1 aliphatic heterocycles. The molecule has 1 aromatic rings. The molecule has 2 nitrogen and oxygen atoms in total. The highest BCUT2D eigenvalue weighted by molar-refractivity contribution is 6.32. The molecule has 1 fully saturated rings. The minimum atomic E-state index is 0. The second kappa shape index (κ2) is 6.21. The Balaban J connectivity index is 0.00000112. The third kappa shape index (κ3) is 3.56. The predicted molar refractivity (Wildman–Crippen MR) is 65.2 cm³/mol. The van der Waals surface area contributed by atoms with E-state index < -0.39 is 0 Å². The van der Waals surface area contributed by atoms with Gasteiger partial charge in [0, 0.05) is 6.04 Å². The van der Waals surface area contributed by atoms with Gasteiger partial charge < -0.3 is 10.1 Å². The van der Waals surface area contributed by atoms with Crippen molar-refractivity contribution >= 4 is 24.0 Å². The summed E-state index contributed by atoms with van der Waals surface area (Å²) in [6, 6.07) is 8.08. The van der Waals surface area contributed by atoms with Crippen LogP contribution < -0.4 is 10.1 Å². The first kappa shape index (κ1) is 12.6. The van der Waals surface area contributed by atoms with Crippen LogP contribution in [0.4, 0.5) is 0 Å². The Hall–Kier alpha value is -0.440. The third-order valence-electron chi connectivity index (χ3n) is 2.44. The Bertz CT molecular complexity index is 300. The van der Waals surface area contributed by atoms with E-state index in [9.17, 15) is 0 Å². The molecule has 0 bridgehead atoms. The Labute approximate surface area is 101 Å². The van der Waals surface area contributed by atoms with E-state index in [4.69, 9.17) is 16.3 Å². The first-order chi connectivity index (χ1) is 6.86. The quantitative estimate of drug-likeness (QED) is 0.888. The summed E-state index contributed by atoms with van der Waals surface area (Å²) in [5.41, 5.74) is 0. The van der Waals surface area contributed by atoms with Crippen molar-refractivity contribution in [1.29, 1.82) is 0 Å². The fourth-order valence-electron chi connectivity index (χ4n) is 1.65. The van der Waals surface area contributed by atoms with Gasteiger partial charge in [0.25, 0.3) is 0 Å². The van der Waals surface area contributed by atoms with E-state index in [1.807, 2.05) is 24.3 Å². The van der Waals surface area contributed by atoms with E-state index in [2.05, 4.69) is 5.32 Å².